The molecule has 8 rings (SSSR count). The second-order valence-electron chi connectivity index (χ2n) is 18.4. The number of nitrogens with zero attached hydrogens (tertiary/aromatic N) is 3. The van der Waals surface area contributed by atoms with Crippen molar-refractivity contribution in [2.75, 3.05) is 37.5 Å². The molecule has 0 bridgehead atoms. The number of methoxy groups -OCH3 is 2. The predicted octanol–water partition coefficient (Wildman–Crippen LogP) is 9.51. The Morgan fingerprint density at radius 1 is 0.592 bits per heavy atom. The van der Waals surface area contributed by atoms with Gasteiger partial charge in [-0.05, 0) is 103 Å². The molecule has 5 aromatic rings. The van der Waals surface area contributed by atoms with E-state index in [1.54, 1.807) is 70.5 Å². The van der Waals surface area contributed by atoms with Crippen LogP contribution in [-0.4, -0.2) is 84.6 Å². The number of benzene rings is 5. The minimum Gasteiger partial charge on any atom is -0.469 e. The van der Waals surface area contributed by atoms with E-state index in [2.05, 4.69) is 10.2 Å². The Bertz CT molecular complexity index is 2530. The Labute approximate surface area is 411 Å². The summed E-state index contributed by atoms with van der Waals surface area (Å²) in [5.74, 6) is -3.73. The predicted molar refractivity (Wildman–Crippen MR) is 260 cm³/mol. The standard InChI is InChI=1S/C56H57F3N4O8/c1-70-51(65)34-44(37-11-5-3-6-12-37)54(68)61-31-9-15-48(61)50(64)33-36-17-19-39(20-18-36)46-29-30-47(63(46)43-27-23-41(24-28-43)56(57,58)59)40-21-25-42(26-22-40)60-53(67)49-16-10-32-62(49)55(69)45(35-52(66)71-2)38-13-7-4-8-14-38/h3-8,11-14,17-28,44-49H,9-10,15-16,29-35H2,1-2H3,(H,60,67)/t44-,45-,46+,47+,48-,49?/m0/s1. The van der Waals surface area contributed by atoms with Crippen LogP contribution in [0, 0.1) is 0 Å². The molecule has 5 aromatic carbocycles. The Kier molecular flexibility index (Phi) is 15.7. The molecular formula is C56H57F3N4O8. The Hall–Kier alpha value is -7.29. The van der Waals surface area contributed by atoms with E-state index in [0.717, 1.165) is 28.8 Å². The van der Waals surface area contributed by atoms with Crippen molar-refractivity contribution in [3.05, 3.63) is 167 Å². The van der Waals surface area contributed by atoms with Gasteiger partial charge in [0.25, 0.3) is 0 Å². The number of anilines is 2. The number of carbonyl (C=O) groups excluding carboxylic acids is 6. The van der Waals surface area contributed by atoms with Crippen LogP contribution in [0.2, 0.25) is 0 Å². The van der Waals surface area contributed by atoms with E-state index in [1.807, 2.05) is 48.5 Å². The number of esters is 2. The first-order valence-electron chi connectivity index (χ1n) is 24.1. The van der Waals surface area contributed by atoms with Crippen LogP contribution >= 0.6 is 0 Å². The molecule has 1 N–H and O–H groups in total. The molecule has 15 heteroatoms. The van der Waals surface area contributed by atoms with Gasteiger partial charge in [0.15, 0.2) is 5.78 Å². The SMILES string of the molecule is COC(=O)C[C@H](C(=O)N1CCCC1C(=O)Nc1ccc([C@H]2CC[C@H](c3ccc(CC(=O)[C@@H]4CCCN4C(=O)[C@@H](CC(=O)OC)c4ccccc4)cc3)N2c2ccc(C(F)(F)F)cc2)cc1)c1ccccc1. The first-order chi connectivity index (χ1) is 34.2. The summed E-state index contributed by atoms with van der Waals surface area (Å²) in [6.45, 7) is 0.763. The third-order valence-electron chi connectivity index (χ3n) is 14.1. The van der Waals surface area contributed by atoms with Gasteiger partial charge < -0.3 is 29.5 Å². The number of amides is 3. The second kappa shape index (κ2) is 22.2. The third kappa shape index (κ3) is 11.5. The van der Waals surface area contributed by atoms with Gasteiger partial charge in [0, 0.05) is 30.9 Å². The topological polar surface area (TPSA) is 143 Å². The third-order valence-corrected chi connectivity index (χ3v) is 14.1. The lowest BCUT2D eigenvalue weighted by molar-refractivity contribution is -0.146. The average Bonchev–Trinajstić information content (AvgIpc) is 4.19. The number of nitrogens with one attached hydrogen (secondary N) is 1. The first-order valence-corrected chi connectivity index (χ1v) is 24.1. The maximum Gasteiger partial charge on any atom is 0.416 e. The smallest absolute Gasteiger partial charge is 0.416 e. The minimum atomic E-state index is -4.51. The Morgan fingerprint density at radius 3 is 1.54 bits per heavy atom. The summed E-state index contributed by atoms with van der Waals surface area (Å²) in [4.78, 5) is 85.7. The number of halogens is 3. The lowest BCUT2D eigenvalue weighted by atomic mass is 9.93. The molecule has 3 aliphatic heterocycles. The highest BCUT2D eigenvalue weighted by atomic mass is 19.4. The monoisotopic (exact) mass is 970 g/mol. The van der Waals surface area contributed by atoms with Crippen LogP contribution in [0.3, 0.4) is 0 Å². The normalized spacial score (nSPS) is 19.8. The highest BCUT2D eigenvalue weighted by Gasteiger charge is 2.41. The van der Waals surface area contributed by atoms with Crippen LogP contribution in [-0.2, 0) is 50.8 Å². The number of Topliss-reactive ketones (excluding diaryl/α,β-unsaturated/α-hetero) is 1. The van der Waals surface area contributed by atoms with Gasteiger partial charge in [-0.25, -0.2) is 0 Å². The summed E-state index contributed by atoms with van der Waals surface area (Å²) in [7, 11) is 2.55. The molecule has 6 atom stereocenters. The Morgan fingerprint density at radius 2 is 1.06 bits per heavy atom. The lowest BCUT2D eigenvalue weighted by Gasteiger charge is -2.33. The van der Waals surface area contributed by atoms with E-state index >= 15 is 0 Å². The van der Waals surface area contributed by atoms with Crippen molar-refractivity contribution in [3.8, 4) is 0 Å². The fraction of sp³-hybridized carbons (Fsp3) is 0.357. The number of rotatable bonds is 16. The molecule has 3 fully saturated rings. The number of hydrogen-bond donors (Lipinski definition) is 1. The van der Waals surface area contributed by atoms with Gasteiger partial charge in [-0.3, -0.25) is 28.8 Å². The van der Waals surface area contributed by atoms with Crippen LogP contribution in [0.4, 0.5) is 24.5 Å². The van der Waals surface area contributed by atoms with Gasteiger partial charge >= 0.3 is 18.1 Å². The zero-order chi connectivity index (χ0) is 50.2. The molecule has 0 saturated carbocycles. The van der Waals surface area contributed by atoms with E-state index in [0.29, 0.717) is 74.1 Å². The van der Waals surface area contributed by atoms with Crippen LogP contribution in [0.25, 0.3) is 0 Å². The number of ether oxygens (including phenoxy) is 2. The quantitative estimate of drug-likeness (QED) is 0.0957. The average molecular weight is 971 g/mol. The van der Waals surface area contributed by atoms with Gasteiger partial charge in [0.1, 0.15) is 6.04 Å². The molecule has 0 spiro atoms. The van der Waals surface area contributed by atoms with Crippen LogP contribution < -0.4 is 10.2 Å². The van der Waals surface area contributed by atoms with Crippen LogP contribution in [0.5, 0.6) is 0 Å². The summed E-state index contributed by atoms with van der Waals surface area (Å²) < 4.78 is 51.0. The maximum atomic E-state index is 14.0. The molecule has 0 aromatic heterocycles. The second-order valence-corrected chi connectivity index (χ2v) is 18.4. The summed E-state index contributed by atoms with van der Waals surface area (Å²) >= 11 is 0. The van der Waals surface area contributed by atoms with Crippen molar-refractivity contribution in [2.45, 2.75) is 100.0 Å². The fourth-order valence-corrected chi connectivity index (χ4v) is 10.5. The van der Waals surface area contributed by atoms with Crippen LogP contribution in [0.1, 0.15) is 109 Å². The van der Waals surface area contributed by atoms with E-state index in [1.165, 1.54) is 26.4 Å². The van der Waals surface area contributed by atoms with E-state index in [9.17, 15) is 41.9 Å². The maximum absolute atomic E-state index is 14.0. The van der Waals surface area contributed by atoms with Gasteiger partial charge in [0.2, 0.25) is 17.7 Å². The minimum absolute atomic E-state index is 0.0826. The highest BCUT2D eigenvalue weighted by Crippen LogP contribution is 2.48. The van der Waals surface area contributed by atoms with Crippen molar-refractivity contribution in [1.82, 2.24) is 9.80 Å². The summed E-state index contributed by atoms with van der Waals surface area (Å²) in [5, 5.41) is 2.98. The van der Waals surface area contributed by atoms with Crippen LogP contribution in [0.15, 0.2) is 133 Å². The summed E-state index contributed by atoms with van der Waals surface area (Å²) in [6, 6.07) is 36.2. The first kappa shape index (κ1) is 50.1. The van der Waals surface area contributed by atoms with Gasteiger partial charge in [-0.1, -0.05) is 97.1 Å². The highest BCUT2D eigenvalue weighted by molar-refractivity contribution is 5.99. The molecule has 3 heterocycles. The fourth-order valence-electron chi connectivity index (χ4n) is 10.5. The zero-order valence-electron chi connectivity index (χ0n) is 39.7. The van der Waals surface area contributed by atoms with E-state index in [4.69, 9.17) is 9.47 Å². The molecule has 71 heavy (non-hydrogen) atoms. The molecule has 0 aliphatic carbocycles. The van der Waals surface area contributed by atoms with Crippen molar-refractivity contribution >= 4 is 46.8 Å². The van der Waals surface area contributed by atoms with E-state index < -0.39 is 47.6 Å². The van der Waals surface area contributed by atoms with Crippen molar-refractivity contribution in [2.24, 2.45) is 0 Å². The molecule has 3 amide bonds. The van der Waals surface area contributed by atoms with Gasteiger partial charge in [0.05, 0.1) is 62.6 Å². The summed E-state index contributed by atoms with van der Waals surface area (Å²) in [5.41, 5.74) is 4.23. The van der Waals surface area contributed by atoms with Gasteiger partial charge in [-0.15, -0.1) is 0 Å². The zero-order valence-corrected chi connectivity index (χ0v) is 39.7. The van der Waals surface area contributed by atoms with Gasteiger partial charge in [-0.2, -0.15) is 13.2 Å². The van der Waals surface area contributed by atoms with Crippen molar-refractivity contribution in [1.29, 1.82) is 0 Å². The molecule has 3 saturated heterocycles. The van der Waals surface area contributed by atoms with Crippen molar-refractivity contribution in [3.63, 3.8) is 0 Å². The number of likely N-dealkylation sites (tertiary alicyclic amines) is 2. The molecule has 12 nitrogen and oxygen atoms in total. The molecule has 0 radical (unpaired) electrons. The summed E-state index contributed by atoms with van der Waals surface area (Å²) in [6.07, 6.45) is -1.17. The molecule has 3 aliphatic rings. The Balaban J connectivity index is 0.967. The molecular weight excluding hydrogens is 914 g/mol. The number of hydrogen-bond acceptors (Lipinski definition) is 9. The van der Waals surface area contributed by atoms with E-state index in [-0.39, 0.29) is 54.9 Å². The number of alkyl halides is 3. The number of carbonyl (C=O) groups is 6. The molecule has 370 valence electrons. The van der Waals surface area contributed by atoms with Crippen molar-refractivity contribution < 1.29 is 51.4 Å². The number of ketones is 1. The lowest BCUT2D eigenvalue weighted by Crippen LogP contribution is -2.45. The molecule has 1 unspecified atom stereocenters. The largest absolute Gasteiger partial charge is 0.469 e.